The number of sulfonamides is 1. The van der Waals surface area contributed by atoms with Gasteiger partial charge < -0.3 is 4.74 Å². The van der Waals surface area contributed by atoms with Crippen molar-refractivity contribution in [2.75, 3.05) is 7.05 Å². The zero-order chi connectivity index (χ0) is 17.0. The largest absolute Gasteiger partial charge is 0.457 e. The summed E-state index contributed by atoms with van der Waals surface area (Å²) < 4.78 is 44.2. The van der Waals surface area contributed by atoms with Crippen molar-refractivity contribution in [2.24, 2.45) is 0 Å². The summed E-state index contributed by atoms with van der Waals surface area (Å²) in [5.74, 6) is -1.27. The summed E-state index contributed by atoms with van der Waals surface area (Å²) >= 11 is 5.84. The maximum absolute atomic E-state index is 13.5. The van der Waals surface area contributed by atoms with Gasteiger partial charge in [-0.25, -0.2) is 22.3 Å². The summed E-state index contributed by atoms with van der Waals surface area (Å²) in [4.78, 5) is 11.8. The fraction of sp³-hybridized carbons (Fsp3) is 0.133. The smallest absolute Gasteiger partial charge is 0.338 e. The van der Waals surface area contributed by atoms with E-state index in [1.165, 1.54) is 37.4 Å². The summed E-state index contributed by atoms with van der Waals surface area (Å²) in [5.41, 5.74) is 0.220. The fourth-order valence-corrected chi connectivity index (χ4v) is 3.04. The molecule has 2 aromatic rings. The molecule has 0 radical (unpaired) electrons. The van der Waals surface area contributed by atoms with Crippen LogP contribution in [0.15, 0.2) is 47.4 Å². The lowest BCUT2D eigenvalue weighted by Crippen LogP contribution is -2.19. The summed E-state index contributed by atoms with van der Waals surface area (Å²) in [6.45, 7) is -0.262. The third-order valence-corrected chi connectivity index (χ3v) is 4.94. The second kappa shape index (κ2) is 7.08. The summed E-state index contributed by atoms with van der Waals surface area (Å²) in [7, 11) is -2.58. The third-order valence-electron chi connectivity index (χ3n) is 3.04. The van der Waals surface area contributed by atoms with Gasteiger partial charge in [0.1, 0.15) is 17.3 Å². The second-order valence-electron chi connectivity index (χ2n) is 4.52. The number of ether oxygens (including phenoxy) is 1. The lowest BCUT2D eigenvalue weighted by molar-refractivity contribution is 0.0468. The van der Waals surface area contributed by atoms with Crippen LogP contribution in [0.4, 0.5) is 4.39 Å². The first-order chi connectivity index (χ1) is 10.8. The number of rotatable bonds is 5. The van der Waals surface area contributed by atoms with Crippen molar-refractivity contribution in [2.45, 2.75) is 11.5 Å². The van der Waals surface area contributed by atoms with Gasteiger partial charge in [0, 0.05) is 5.56 Å². The summed E-state index contributed by atoms with van der Waals surface area (Å²) in [6.07, 6.45) is 0. The first-order valence-corrected chi connectivity index (χ1v) is 8.35. The van der Waals surface area contributed by atoms with Gasteiger partial charge >= 0.3 is 5.97 Å². The molecule has 1 N–H and O–H groups in total. The molecule has 2 rings (SSSR count). The van der Waals surface area contributed by atoms with Crippen LogP contribution in [0.2, 0.25) is 5.02 Å². The van der Waals surface area contributed by atoms with E-state index in [1.807, 2.05) is 0 Å². The van der Waals surface area contributed by atoms with Crippen molar-refractivity contribution in [1.29, 1.82) is 0 Å². The minimum Gasteiger partial charge on any atom is -0.457 e. The molecule has 0 heterocycles. The number of nitrogens with one attached hydrogen (secondary N) is 1. The van der Waals surface area contributed by atoms with Gasteiger partial charge in [-0.3, -0.25) is 0 Å². The average molecular weight is 358 g/mol. The molecule has 0 atom stereocenters. The Hall–Kier alpha value is -1.96. The van der Waals surface area contributed by atoms with Crippen molar-refractivity contribution < 1.29 is 22.3 Å². The minimum atomic E-state index is -3.81. The minimum absolute atomic E-state index is 0.000403. The Morgan fingerprint density at radius 2 is 1.96 bits per heavy atom. The highest BCUT2D eigenvalue weighted by Gasteiger charge is 2.19. The quantitative estimate of drug-likeness (QED) is 0.835. The molecule has 0 saturated heterocycles. The number of esters is 1. The number of halogens is 2. The SMILES string of the molecule is CNS(=O)(=O)c1cc(C(=O)OCc2ccccc2F)ccc1Cl. The van der Waals surface area contributed by atoms with E-state index in [4.69, 9.17) is 16.3 Å². The number of carbonyl (C=O) groups excluding carboxylic acids is 1. The molecule has 0 bridgehead atoms. The van der Waals surface area contributed by atoms with Crippen LogP contribution in [0.25, 0.3) is 0 Å². The lowest BCUT2D eigenvalue weighted by atomic mass is 10.2. The molecule has 0 aliphatic carbocycles. The van der Waals surface area contributed by atoms with Crippen molar-refractivity contribution in [1.82, 2.24) is 4.72 Å². The zero-order valence-electron chi connectivity index (χ0n) is 12.0. The molecule has 23 heavy (non-hydrogen) atoms. The monoisotopic (exact) mass is 357 g/mol. The Morgan fingerprint density at radius 3 is 2.61 bits per heavy atom. The van der Waals surface area contributed by atoms with Crippen LogP contribution in [0.3, 0.4) is 0 Å². The van der Waals surface area contributed by atoms with E-state index < -0.39 is 21.8 Å². The van der Waals surface area contributed by atoms with Crippen molar-refractivity contribution in [3.05, 3.63) is 64.4 Å². The maximum Gasteiger partial charge on any atom is 0.338 e. The number of hydrogen-bond donors (Lipinski definition) is 1. The Kier molecular flexibility index (Phi) is 5.35. The average Bonchev–Trinajstić information content (AvgIpc) is 2.54. The normalized spacial score (nSPS) is 11.3. The van der Waals surface area contributed by atoms with E-state index in [0.29, 0.717) is 0 Å². The van der Waals surface area contributed by atoms with Crippen LogP contribution in [0.1, 0.15) is 15.9 Å². The molecule has 2 aromatic carbocycles. The second-order valence-corrected chi connectivity index (χ2v) is 6.78. The van der Waals surface area contributed by atoms with E-state index in [0.717, 1.165) is 6.07 Å². The molecule has 122 valence electrons. The fourth-order valence-electron chi connectivity index (χ4n) is 1.79. The maximum atomic E-state index is 13.5. The van der Waals surface area contributed by atoms with Gasteiger partial charge in [-0.15, -0.1) is 0 Å². The van der Waals surface area contributed by atoms with E-state index in [1.54, 1.807) is 6.07 Å². The van der Waals surface area contributed by atoms with E-state index in [-0.39, 0.29) is 27.7 Å². The Bertz CT molecular complexity index is 839. The summed E-state index contributed by atoms with van der Waals surface area (Å²) in [5, 5.41) is -0.0231. The van der Waals surface area contributed by atoms with E-state index in [2.05, 4.69) is 4.72 Å². The molecule has 0 amide bonds. The van der Waals surface area contributed by atoms with Gasteiger partial charge in [0.25, 0.3) is 0 Å². The molecular weight excluding hydrogens is 345 g/mol. The lowest BCUT2D eigenvalue weighted by Gasteiger charge is -2.09. The standard InChI is InChI=1S/C15H13ClFNO4S/c1-18-23(20,21)14-8-10(6-7-12(14)16)15(19)22-9-11-4-2-3-5-13(11)17/h2-8,18H,9H2,1H3. The molecule has 0 aliphatic heterocycles. The topological polar surface area (TPSA) is 72.5 Å². The third kappa shape index (κ3) is 4.07. The first-order valence-electron chi connectivity index (χ1n) is 6.49. The van der Waals surface area contributed by atoms with Crippen molar-refractivity contribution in [3.8, 4) is 0 Å². The highest BCUT2D eigenvalue weighted by Crippen LogP contribution is 2.23. The highest BCUT2D eigenvalue weighted by atomic mass is 35.5. The molecule has 0 fully saturated rings. The molecule has 0 aliphatic rings. The van der Waals surface area contributed by atoms with Gasteiger partial charge in [0.15, 0.2) is 0 Å². The van der Waals surface area contributed by atoms with Gasteiger partial charge in [0.05, 0.1) is 10.6 Å². The van der Waals surface area contributed by atoms with Crippen LogP contribution < -0.4 is 4.72 Å². The Labute approximate surface area is 138 Å². The van der Waals surface area contributed by atoms with Crippen LogP contribution in [-0.2, 0) is 21.4 Å². The van der Waals surface area contributed by atoms with E-state index in [9.17, 15) is 17.6 Å². The van der Waals surface area contributed by atoms with Crippen LogP contribution in [0.5, 0.6) is 0 Å². The molecule has 0 saturated carbocycles. The Balaban J connectivity index is 2.21. The van der Waals surface area contributed by atoms with Crippen LogP contribution in [-0.4, -0.2) is 21.4 Å². The molecule has 0 unspecified atom stereocenters. The molecule has 8 heteroatoms. The van der Waals surface area contributed by atoms with Crippen LogP contribution >= 0.6 is 11.6 Å². The van der Waals surface area contributed by atoms with Gasteiger partial charge in [-0.05, 0) is 31.3 Å². The number of benzene rings is 2. The molecule has 0 aromatic heterocycles. The van der Waals surface area contributed by atoms with Gasteiger partial charge in [-0.2, -0.15) is 0 Å². The van der Waals surface area contributed by atoms with Gasteiger partial charge in [0.2, 0.25) is 10.0 Å². The molecule has 5 nitrogen and oxygen atoms in total. The highest BCUT2D eigenvalue weighted by molar-refractivity contribution is 7.89. The van der Waals surface area contributed by atoms with Crippen LogP contribution in [0, 0.1) is 5.82 Å². The summed E-state index contributed by atoms with van der Waals surface area (Å²) in [6, 6.07) is 9.61. The number of hydrogen-bond acceptors (Lipinski definition) is 4. The predicted molar refractivity (Wildman–Crippen MR) is 83.2 cm³/mol. The number of carbonyl (C=O) groups is 1. The van der Waals surface area contributed by atoms with E-state index >= 15 is 0 Å². The molecule has 0 spiro atoms. The van der Waals surface area contributed by atoms with Crippen molar-refractivity contribution >= 4 is 27.6 Å². The zero-order valence-corrected chi connectivity index (χ0v) is 13.6. The molecular formula is C15H13ClFNO4S. The predicted octanol–water partition coefficient (Wildman–Crippen LogP) is 2.74. The Morgan fingerprint density at radius 1 is 1.26 bits per heavy atom. The van der Waals surface area contributed by atoms with Crippen molar-refractivity contribution in [3.63, 3.8) is 0 Å². The van der Waals surface area contributed by atoms with Gasteiger partial charge in [-0.1, -0.05) is 29.8 Å². The first kappa shape index (κ1) is 17.4.